The molecule has 4 heteroatoms. The van der Waals surface area contributed by atoms with Crippen LogP contribution in [0.15, 0.2) is 12.3 Å². The van der Waals surface area contributed by atoms with Crippen molar-refractivity contribution < 1.29 is 0 Å². The Kier molecular flexibility index (Phi) is 2.61. The van der Waals surface area contributed by atoms with Gasteiger partial charge in [0.1, 0.15) is 5.82 Å². The number of nitrogens with zero attached hydrogens (tertiary/aromatic N) is 2. The third-order valence-corrected chi connectivity index (χ3v) is 2.91. The molecule has 3 nitrogen and oxygen atoms in total. The van der Waals surface area contributed by atoms with Crippen molar-refractivity contribution in [3.05, 3.63) is 22.8 Å². The van der Waals surface area contributed by atoms with Crippen LogP contribution in [0.2, 0.25) is 5.02 Å². The third-order valence-electron chi connectivity index (χ3n) is 2.71. The number of halogens is 1. The Bertz CT molecular complexity index is 338. The molecule has 0 radical (unpaired) electrons. The van der Waals surface area contributed by atoms with E-state index in [1.807, 2.05) is 13.0 Å². The monoisotopic (exact) mass is 211 g/mol. The Morgan fingerprint density at radius 2 is 2.50 bits per heavy atom. The van der Waals surface area contributed by atoms with Gasteiger partial charge in [0.25, 0.3) is 0 Å². The molecule has 0 aliphatic carbocycles. The summed E-state index contributed by atoms with van der Waals surface area (Å²) in [5, 5.41) is 0.691. The highest BCUT2D eigenvalue weighted by Crippen LogP contribution is 2.27. The van der Waals surface area contributed by atoms with Gasteiger partial charge in [-0.1, -0.05) is 11.6 Å². The zero-order valence-corrected chi connectivity index (χ0v) is 8.96. The third kappa shape index (κ3) is 1.57. The largest absolute Gasteiger partial charge is 0.352 e. The van der Waals surface area contributed by atoms with E-state index in [2.05, 4.69) is 9.88 Å². The fourth-order valence-electron chi connectivity index (χ4n) is 1.80. The summed E-state index contributed by atoms with van der Waals surface area (Å²) in [6.45, 7) is 3.78. The van der Waals surface area contributed by atoms with Gasteiger partial charge in [-0.25, -0.2) is 4.98 Å². The second-order valence-electron chi connectivity index (χ2n) is 3.67. The van der Waals surface area contributed by atoms with Crippen LogP contribution in [0.3, 0.4) is 0 Å². The summed E-state index contributed by atoms with van der Waals surface area (Å²) in [5.41, 5.74) is 6.77. The molecular weight excluding hydrogens is 198 g/mol. The summed E-state index contributed by atoms with van der Waals surface area (Å²) in [4.78, 5) is 6.58. The van der Waals surface area contributed by atoms with E-state index in [-0.39, 0.29) is 0 Å². The first-order valence-electron chi connectivity index (χ1n) is 4.81. The highest BCUT2D eigenvalue weighted by molar-refractivity contribution is 6.30. The zero-order valence-electron chi connectivity index (χ0n) is 8.20. The van der Waals surface area contributed by atoms with Gasteiger partial charge < -0.3 is 10.6 Å². The molecule has 1 aromatic heterocycles. The molecule has 0 aromatic carbocycles. The van der Waals surface area contributed by atoms with Crippen LogP contribution in [-0.4, -0.2) is 24.1 Å². The van der Waals surface area contributed by atoms with Crippen LogP contribution in [0.1, 0.15) is 12.0 Å². The van der Waals surface area contributed by atoms with Crippen molar-refractivity contribution in [3.8, 4) is 0 Å². The summed E-state index contributed by atoms with van der Waals surface area (Å²) < 4.78 is 0. The van der Waals surface area contributed by atoms with Crippen LogP contribution in [0.4, 0.5) is 5.82 Å². The van der Waals surface area contributed by atoms with Gasteiger partial charge in [0.2, 0.25) is 0 Å². The standard InChI is InChI=1S/C10H14ClN3/c1-7-4-8(11)6-13-10(7)14-3-2-9(14)5-12/h4,6,9H,2-3,5,12H2,1H3. The van der Waals surface area contributed by atoms with Crippen LogP contribution < -0.4 is 10.6 Å². The molecule has 1 unspecified atom stereocenters. The van der Waals surface area contributed by atoms with Crippen LogP contribution >= 0.6 is 11.6 Å². The number of hydrogen-bond donors (Lipinski definition) is 1. The molecule has 1 atom stereocenters. The van der Waals surface area contributed by atoms with Gasteiger partial charge in [-0.3, -0.25) is 0 Å². The van der Waals surface area contributed by atoms with Gasteiger partial charge >= 0.3 is 0 Å². The smallest absolute Gasteiger partial charge is 0.131 e. The van der Waals surface area contributed by atoms with Crippen molar-refractivity contribution >= 4 is 17.4 Å². The molecule has 1 fully saturated rings. The second-order valence-corrected chi connectivity index (χ2v) is 4.10. The molecule has 14 heavy (non-hydrogen) atoms. The van der Waals surface area contributed by atoms with Gasteiger partial charge in [-0.05, 0) is 25.0 Å². The van der Waals surface area contributed by atoms with E-state index in [1.54, 1.807) is 6.20 Å². The van der Waals surface area contributed by atoms with Gasteiger partial charge in [-0.2, -0.15) is 0 Å². The predicted octanol–water partition coefficient (Wildman–Crippen LogP) is 1.58. The number of aryl methyl sites for hydroxylation is 1. The summed E-state index contributed by atoms with van der Waals surface area (Å²) in [6.07, 6.45) is 2.86. The molecule has 0 spiro atoms. The highest BCUT2D eigenvalue weighted by atomic mass is 35.5. The minimum atomic E-state index is 0.461. The van der Waals surface area contributed by atoms with E-state index in [0.29, 0.717) is 17.6 Å². The van der Waals surface area contributed by atoms with Crippen molar-refractivity contribution in [1.82, 2.24) is 4.98 Å². The number of pyridine rings is 1. The Labute approximate surface area is 88.9 Å². The summed E-state index contributed by atoms with van der Waals surface area (Å²) in [6, 6.07) is 2.40. The predicted molar refractivity (Wildman–Crippen MR) is 58.8 cm³/mol. The number of anilines is 1. The van der Waals surface area contributed by atoms with Crippen LogP contribution in [0.5, 0.6) is 0 Å². The molecule has 76 valence electrons. The van der Waals surface area contributed by atoms with E-state index in [0.717, 1.165) is 17.9 Å². The molecule has 1 saturated heterocycles. The fraction of sp³-hybridized carbons (Fsp3) is 0.500. The summed E-state index contributed by atoms with van der Waals surface area (Å²) >= 11 is 5.85. The van der Waals surface area contributed by atoms with E-state index in [9.17, 15) is 0 Å². The number of rotatable bonds is 2. The lowest BCUT2D eigenvalue weighted by atomic mass is 10.0. The number of hydrogen-bond acceptors (Lipinski definition) is 3. The molecule has 1 aromatic rings. The maximum Gasteiger partial charge on any atom is 0.131 e. The Morgan fingerprint density at radius 3 is 3.00 bits per heavy atom. The molecule has 1 aliphatic heterocycles. The second kappa shape index (κ2) is 3.75. The molecule has 0 bridgehead atoms. The maximum absolute atomic E-state index is 5.85. The Balaban J connectivity index is 2.24. The maximum atomic E-state index is 5.85. The Hall–Kier alpha value is -0.800. The quantitative estimate of drug-likeness (QED) is 0.808. The topological polar surface area (TPSA) is 42.2 Å². The molecule has 2 rings (SSSR count). The highest BCUT2D eigenvalue weighted by Gasteiger charge is 2.28. The summed E-state index contributed by atoms with van der Waals surface area (Å²) in [5.74, 6) is 1.02. The lowest BCUT2D eigenvalue weighted by molar-refractivity contribution is 0.451. The van der Waals surface area contributed by atoms with E-state index in [4.69, 9.17) is 17.3 Å². The van der Waals surface area contributed by atoms with Gasteiger partial charge in [0.15, 0.2) is 0 Å². The van der Waals surface area contributed by atoms with Gasteiger partial charge in [0, 0.05) is 25.3 Å². The lowest BCUT2D eigenvalue weighted by Gasteiger charge is -2.42. The van der Waals surface area contributed by atoms with E-state index >= 15 is 0 Å². The average molecular weight is 212 g/mol. The first-order chi connectivity index (χ1) is 6.72. The number of nitrogens with two attached hydrogens (primary N) is 1. The van der Waals surface area contributed by atoms with Crippen LogP contribution in [-0.2, 0) is 0 Å². The Morgan fingerprint density at radius 1 is 1.71 bits per heavy atom. The van der Waals surface area contributed by atoms with E-state index < -0.39 is 0 Å². The SMILES string of the molecule is Cc1cc(Cl)cnc1N1CCC1CN. The molecular formula is C10H14ClN3. The number of aromatic nitrogens is 1. The normalized spacial score (nSPS) is 20.8. The summed E-state index contributed by atoms with van der Waals surface area (Å²) in [7, 11) is 0. The molecule has 2 heterocycles. The molecule has 1 aliphatic rings. The van der Waals surface area contributed by atoms with E-state index in [1.165, 1.54) is 6.42 Å². The van der Waals surface area contributed by atoms with Crippen LogP contribution in [0, 0.1) is 6.92 Å². The van der Waals surface area contributed by atoms with Crippen molar-refractivity contribution in [2.45, 2.75) is 19.4 Å². The average Bonchev–Trinajstić information content (AvgIpc) is 2.08. The zero-order chi connectivity index (χ0) is 10.1. The first-order valence-corrected chi connectivity index (χ1v) is 5.19. The van der Waals surface area contributed by atoms with Gasteiger partial charge in [0.05, 0.1) is 5.02 Å². The first kappa shape index (κ1) is 9.74. The van der Waals surface area contributed by atoms with Crippen molar-refractivity contribution in [3.63, 3.8) is 0 Å². The lowest BCUT2D eigenvalue weighted by Crippen LogP contribution is -2.52. The molecule has 2 N–H and O–H groups in total. The minimum Gasteiger partial charge on any atom is -0.352 e. The fourth-order valence-corrected chi connectivity index (χ4v) is 2.01. The van der Waals surface area contributed by atoms with Crippen molar-refractivity contribution in [2.24, 2.45) is 5.73 Å². The van der Waals surface area contributed by atoms with Crippen molar-refractivity contribution in [1.29, 1.82) is 0 Å². The molecule has 0 saturated carbocycles. The van der Waals surface area contributed by atoms with Gasteiger partial charge in [-0.15, -0.1) is 0 Å². The van der Waals surface area contributed by atoms with Crippen LogP contribution in [0.25, 0.3) is 0 Å². The molecule has 0 amide bonds. The van der Waals surface area contributed by atoms with Crippen molar-refractivity contribution in [2.75, 3.05) is 18.0 Å². The minimum absolute atomic E-state index is 0.461.